The molecule has 0 saturated carbocycles. The SMILES string of the molecule is CN(C)C=Nc1ncnc2c1ncn2C1OC(CO)C(O)C1O. The van der Waals surface area contributed by atoms with Crippen LogP contribution in [-0.2, 0) is 4.74 Å². The monoisotopic (exact) mass is 322 g/mol. The van der Waals surface area contributed by atoms with Crippen LogP contribution in [0.1, 0.15) is 6.23 Å². The Hall–Kier alpha value is -2.14. The molecular formula is C13H18N6O4. The minimum Gasteiger partial charge on any atom is -0.394 e. The van der Waals surface area contributed by atoms with Crippen molar-refractivity contribution in [3.05, 3.63) is 12.7 Å². The highest BCUT2D eigenvalue weighted by Crippen LogP contribution is 2.32. The van der Waals surface area contributed by atoms with E-state index < -0.39 is 31.1 Å². The summed E-state index contributed by atoms with van der Waals surface area (Å²) in [6.07, 6.45) is 0.225. The molecule has 3 rings (SSSR count). The lowest BCUT2D eigenvalue weighted by Crippen LogP contribution is -2.33. The molecule has 124 valence electrons. The van der Waals surface area contributed by atoms with Gasteiger partial charge in [0.1, 0.15) is 24.6 Å². The van der Waals surface area contributed by atoms with Crippen molar-refractivity contribution in [2.45, 2.75) is 24.5 Å². The van der Waals surface area contributed by atoms with Crippen LogP contribution in [0.25, 0.3) is 11.2 Å². The molecule has 1 fully saturated rings. The molecule has 0 radical (unpaired) electrons. The first-order chi connectivity index (χ1) is 11.0. The molecule has 0 aromatic carbocycles. The Balaban J connectivity index is 1.99. The van der Waals surface area contributed by atoms with E-state index in [0.717, 1.165) is 0 Å². The summed E-state index contributed by atoms with van der Waals surface area (Å²) in [5.74, 6) is 0.384. The van der Waals surface area contributed by atoms with Crippen molar-refractivity contribution in [2.75, 3.05) is 20.7 Å². The second-order valence-corrected chi connectivity index (χ2v) is 5.46. The second kappa shape index (κ2) is 6.16. The third-order valence-electron chi connectivity index (χ3n) is 3.54. The Morgan fingerprint density at radius 1 is 1.30 bits per heavy atom. The average molecular weight is 322 g/mol. The molecule has 10 nitrogen and oxygen atoms in total. The van der Waals surface area contributed by atoms with Crippen LogP contribution in [0.2, 0.25) is 0 Å². The van der Waals surface area contributed by atoms with Gasteiger partial charge in [0.15, 0.2) is 23.2 Å². The maximum absolute atomic E-state index is 10.1. The number of hydrogen-bond donors (Lipinski definition) is 3. The van der Waals surface area contributed by atoms with Gasteiger partial charge in [-0.05, 0) is 0 Å². The quantitative estimate of drug-likeness (QED) is 0.466. The van der Waals surface area contributed by atoms with Crippen LogP contribution in [0.4, 0.5) is 5.82 Å². The first kappa shape index (κ1) is 15.7. The van der Waals surface area contributed by atoms with E-state index in [1.165, 1.54) is 17.2 Å². The van der Waals surface area contributed by atoms with Crippen molar-refractivity contribution < 1.29 is 20.1 Å². The van der Waals surface area contributed by atoms with Gasteiger partial charge < -0.3 is 25.0 Å². The highest BCUT2D eigenvalue weighted by atomic mass is 16.6. The normalized spacial score (nSPS) is 28.0. The Labute approximate surface area is 131 Å². The molecule has 23 heavy (non-hydrogen) atoms. The average Bonchev–Trinajstić information content (AvgIpc) is 3.08. The van der Waals surface area contributed by atoms with Crippen molar-refractivity contribution in [1.82, 2.24) is 24.4 Å². The predicted octanol–water partition coefficient (Wildman–Crippen LogP) is -1.34. The molecular weight excluding hydrogens is 304 g/mol. The molecule has 4 atom stereocenters. The van der Waals surface area contributed by atoms with E-state index in [-0.39, 0.29) is 0 Å². The van der Waals surface area contributed by atoms with E-state index in [2.05, 4.69) is 19.9 Å². The van der Waals surface area contributed by atoms with Gasteiger partial charge in [-0.15, -0.1) is 0 Å². The fourth-order valence-electron chi connectivity index (χ4n) is 2.40. The maximum Gasteiger partial charge on any atom is 0.184 e. The summed E-state index contributed by atoms with van der Waals surface area (Å²) in [6.45, 7) is -0.394. The Morgan fingerprint density at radius 2 is 2.09 bits per heavy atom. The Bertz CT molecular complexity index is 718. The van der Waals surface area contributed by atoms with Gasteiger partial charge in [-0.2, -0.15) is 0 Å². The topological polar surface area (TPSA) is 129 Å². The van der Waals surface area contributed by atoms with E-state index in [1.807, 2.05) is 14.1 Å². The van der Waals surface area contributed by atoms with E-state index in [4.69, 9.17) is 4.74 Å². The third kappa shape index (κ3) is 2.77. The summed E-state index contributed by atoms with van der Waals surface area (Å²) in [4.78, 5) is 18.4. The zero-order chi connectivity index (χ0) is 16.6. The number of ether oxygens (including phenoxy) is 1. The van der Waals surface area contributed by atoms with Gasteiger partial charge in [0, 0.05) is 14.1 Å². The van der Waals surface area contributed by atoms with E-state index >= 15 is 0 Å². The van der Waals surface area contributed by atoms with Gasteiger partial charge in [0.05, 0.1) is 19.3 Å². The number of aromatic nitrogens is 4. The number of hydrogen-bond acceptors (Lipinski definition) is 8. The molecule has 4 unspecified atom stereocenters. The van der Waals surface area contributed by atoms with Crippen LogP contribution >= 0.6 is 0 Å². The molecule has 0 bridgehead atoms. The molecule has 0 spiro atoms. The molecule has 2 aromatic rings. The van der Waals surface area contributed by atoms with E-state index in [0.29, 0.717) is 17.0 Å². The molecule has 1 aliphatic heterocycles. The van der Waals surface area contributed by atoms with Crippen molar-refractivity contribution in [2.24, 2.45) is 4.99 Å². The van der Waals surface area contributed by atoms with Crippen LogP contribution in [-0.4, -0.2) is 85.1 Å². The van der Waals surface area contributed by atoms with Crippen molar-refractivity contribution >= 4 is 23.3 Å². The number of aliphatic imine (C=N–C) groups is 1. The number of imidazole rings is 1. The first-order valence-electron chi connectivity index (χ1n) is 7.03. The minimum atomic E-state index is -1.20. The summed E-state index contributed by atoms with van der Waals surface area (Å²) >= 11 is 0. The number of rotatable bonds is 4. The van der Waals surface area contributed by atoms with Crippen molar-refractivity contribution in [1.29, 1.82) is 0 Å². The minimum absolute atomic E-state index is 0.384. The van der Waals surface area contributed by atoms with Crippen LogP contribution in [0.3, 0.4) is 0 Å². The lowest BCUT2D eigenvalue weighted by atomic mass is 10.1. The predicted molar refractivity (Wildman–Crippen MR) is 80.2 cm³/mol. The lowest BCUT2D eigenvalue weighted by molar-refractivity contribution is -0.0511. The molecule has 3 heterocycles. The van der Waals surface area contributed by atoms with Gasteiger partial charge in [-0.1, -0.05) is 0 Å². The molecule has 0 aliphatic carbocycles. The molecule has 3 N–H and O–H groups in total. The standard InChI is InChI=1S/C13H18N6O4/c1-18(2)5-17-11-8-12(15-4-14-11)19(6-16-8)13-10(22)9(21)7(3-20)23-13/h4-7,9-10,13,20-22H,3H2,1-2H3. The first-order valence-corrected chi connectivity index (χ1v) is 7.03. The zero-order valence-electron chi connectivity index (χ0n) is 12.7. The fourth-order valence-corrected chi connectivity index (χ4v) is 2.40. The van der Waals surface area contributed by atoms with Gasteiger partial charge in [-0.25, -0.2) is 19.9 Å². The van der Waals surface area contributed by atoms with Crippen LogP contribution < -0.4 is 0 Å². The number of aliphatic hydroxyl groups excluding tert-OH is 3. The highest BCUT2D eigenvalue weighted by Gasteiger charge is 2.43. The molecule has 10 heteroatoms. The Kier molecular flexibility index (Phi) is 4.22. The summed E-state index contributed by atoms with van der Waals surface area (Å²) in [7, 11) is 3.67. The zero-order valence-corrected chi connectivity index (χ0v) is 12.7. The maximum atomic E-state index is 10.1. The van der Waals surface area contributed by atoms with Crippen LogP contribution in [0, 0.1) is 0 Å². The van der Waals surface area contributed by atoms with Gasteiger partial charge >= 0.3 is 0 Å². The Morgan fingerprint density at radius 3 is 2.74 bits per heavy atom. The number of nitrogens with zero attached hydrogens (tertiary/aromatic N) is 6. The third-order valence-corrected chi connectivity index (χ3v) is 3.54. The summed E-state index contributed by atoms with van der Waals surface area (Å²) < 4.78 is 6.99. The van der Waals surface area contributed by atoms with Crippen molar-refractivity contribution in [3.8, 4) is 0 Å². The highest BCUT2D eigenvalue weighted by molar-refractivity contribution is 5.82. The lowest BCUT2D eigenvalue weighted by Gasteiger charge is -2.16. The molecule has 1 saturated heterocycles. The summed E-state index contributed by atoms with van der Waals surface area (Å²) in [5.41, 5.74) is 0.865. The molecule has 2 aromatic heterocycles. The van der Waals surface area contributed by atoms with E-state index in [1.54, 1.807) is 11.2 Å². The smallest absolute Gasteiger partial charge is 0.184 e. The van der Waals surface area contributed by atoms with Gasteiger partial charge in [0.25, 0.3) is 0 Å². The second-order valence-electron chi connectivity index (χ2n) is 5.46. The van der Waals surface area contributed by atoms with Crippen LogP contribution in [0.5, 0.6) is 0 Å². The van der Waals surface area contributed by atoms with Crippen molar-refractivity contribution in [3.63, 3.8) is 0 Å². The molecule has 0 amide bonds. The van der Waals surface area contributed by atoms with Gasteiger partial charge in [0.2, 0.25) is 0 Å². The molecule has 1 aliphatic rings. The summed E-state index contributed by atoms with van der Waals surface area (Å²) in [5, 5.41) is 29.2. The number of aliphatic hydroxyl groups is 3. The van der Waals surface area contributed by atoms with E-state index in [9.17, 15) is 15.3 Å². The summed E-state index contributed by atoms with van der Waals surface area (Å²) in [6, 6.07) is 0. The largest absolute Gasteiger partial charge is 0.394 e. The van der Waals surface area contributed by atoms with Gasteiger partial charge in [-0.3, -0.25) is 4.57 Å². The fraction of sp³-hybridized carbons (Fsp3) is 0.538. The number of fused-ring (bicyclic) bond motifs is 1. The van der Waals surface area contributed by atoms with Crippen LogP contribution in [0.15, 0.2) is 17.6 Å².